The van der Waals surface area contributed by atoms with E-state index in [0.29, 0.717) is 22.3 Å². The molecule has 1 atom stereocenters. The lowest BCUT2D eigenvalue weighted by Crippen LogP contribution is -2.27. The summed E-state index contributed by atoms with van der Waals surface area (Å²) in [6, 6.07) is 15.5. The van der Waals surface area contributed by atoms with Crippen molar-refractivity contribution >= 4 is 23.1 Å². The number of ketones is 1. The van der Waals surface area contributed by atoms with E-state index in [4.69, 9.17) is 5.73 Å². The number of para-hydroxylation sites is 1. The van der Waals surface area contributed by atoms with Crippen molar-refractivity contribution in [1.29, 1.82) is 0 Å². The zero-order valence-electron chi connectivity index (χ0n) is 16.7. The maximum absolute atomic E-state index is 13.2. The predicted molar refractivity (Wildman–Crippen MR) is 114 cm³/mol. The van der Waals surface area contributed by atoms with Gasteiger partial charge in [0.15, 0.2) is 5.78 Å². The molecule has 0 heterocycles. The van der Waals surface area contributed by atoms with E-state index in [9.17, 15) is 24.1 Å². The van der Waals surface area contributed by atoms with Gasteiger partial charge < -0.3 is 11.1 Å². The van der Waals surface area contributed by atoms with Crippen LogP contribution in [-0.4, -0.2) is 16.6 Å². The third kappa shape index (κ3) is 5.11. The Balaban J connectivity index is 1.69. The molecule has 0 aliphatic carbocycles. The number of hydrogen-bond acceptors (Lipinski definition) is 5. The third-order valence-electron chi connectivity index (χ3n) is 4.88. The van der Waals surface area contributed by atoms with Crippen molar-refractivity contribution in [2.24, 2.45) is 0 Å². The number of halogens is 1. The van der Waals surface area contributed by atoms with Crippen molar-refractivity contribution in [3.05, 3.63) is 105 Å². The number of nitrogen functional groups attached to an aromatic ring is 1. The first-order valence-corrected chi connectivity index (χ1v) is 9.47. The van der Waals surface area contributed by atoms with Gasteiger partial charge in [-0.15, -0.1) is 0 Å². The van der Waals surface area contributed by atoms with Crippen molar-refractivity contribution < 1.29 is 18.9 Å². The SMILES string of the molecule is CC(NC(=O)c1ccc(C(=O)Cc2ccc(F)cc2N)cc1)c1ccccc1[N+](=O)[O-]. The fourth-order valence-corrected chi connectivity index (χ4v) is 3.19. The van der Waals surface area contributed by atoms with Gasteiger partial charge in [0.1, 0.15) is 5.82 Å². The molecule has 8 heteroatoms. The van der Waals surface area contributed by atoms with Gasteiger partial charge in [-0.2, -0.15) is 0 Å². The zero-order valence-corrected chi connectivity index (χ0v) is 16.7. The lowest BCUT2D eigenvalue weighted by atomic mass is 10.0. The second kappa shape index (κ2) is 9.17. The van der Waals surface area contributed by atoms with Crippen LogP contribution in [0.4, 0.5) is 15.8 Å². The molecule has 158 valence electrons. The Morgan fingerprint density at radius 2 is 1.71 bits per heavy atom. The maximum atomic E-state index is 13.2. The number of nitrogens with zero attached hydrogens (tertiary/aromatic N) is 1. The average Bonchev–Trinajstić information content (AvgIpc) is 2.75. The minimum absolute atomic E-state index is 0.00631. The monoisotopic (exact) mass is 421 g/mol. The molecule has 0 saturated heterocycles. The lowest BCUT2D eigenvalue weighted by Gasteiger charge is -2.14. The largest absolute Gasteiger partial charge is 0.398 e. The van der Waals surface area contributed by atoms with Crippen LogP contribution in [0.3, 0.4) is 0 Å². The van der Waals surface area contributed by atoms with E-state index in [1.807, 2.05) is 0 Å². The van der Waals surface area contributed by atoms with Crippen molar-refractivity contribution in [2.75, 3.05) is 5.73 Å². The highest BCUT2D eigenvalue weighted by atomic mass is 19.1. The van der Waals surface area contributed by atoms with Crippen LogP contribution in [-0.2, 0) is 6.42 Å². The second-order valence-corrected chi connectivity index (χ2v) is 7.03. The fourth-order valence-electron chi connectivity index (χ4n) is 3.19. The van der Waals surface area contributed by atoms with Gasteiger partial charge in [-0.25, -0.2) is 4.39 Å². The topological polar surface area (TPSA) is 115 Å². The molecule has 0 aromatic heterocycles. The van der Waals surface area contributed by atoms with E-state index >= 15 is 0 Å². The number of carbonyl (C=O) groups excluding carboxylic acids is 2. The van der Waals surface area contributed by atoms with E-state index in [1.54, 1.807) is 25.1 Å². The van der Waals surface area contributed by atoms with Crippen molar-refractivity contribution in [2.45, 2.75) is 19.4 Å². The van der Waals surface area contributed by atoms with Crippen molar-refractivity contribution in [3.8, 4) is 0 Å². The first kappa shape index (κ1) is 21.6. The van der Waals surface area contributed by atoms with E-state index in [0.717, 1.165) is 6.07 Å². The number of anilines is 1. The second-order valence-electron chi connectivity index (χ2n) is 7.03. The summed E-state index contributed by atoms with van der Waals surface area (Å²) >= 11 is 0. The Labute approximate surface area is 177 Å². The van der Waals surface area contributed by atoms with Crippen LogP contribution in [0, 0.1) is 15.9 Å². The average molecular weight is 421 g/mol. The van der Waals surface area contributed by atoms with E-state index < -0.39 is 22.7 Å². The molecule has 0 aliphatic rings. The van der Waals surface area contributed by atoms with Crippen LogP contribution in [0.25, 0.3) is 0 Å². The summed E-state index contributed by atoms with van der Waals surface area (Å²) in [6.07, 6.45) is 0.00631. The van der Waals surface area contributed by atoms with Crippen LogP contribution in [0.2, 0.25) is 0 Å². The molecule has 0 fully saturated rings. The van der Waals surface area contributed by atoms with Crippen molar-refractivity contribution in [3.63, 3.8) is 0 Å². The van der Waals surface area contributed by atoms with Crippen LogP contribution in [0.15, 0.2) is 66.7 Å². The molecule has 0 radical (unpaired) electrons. The van der Waals surface area contributed by atoms with Gasteiger partial charge in [0.2, 0.25) is 0 Å². The molecule has 1 unspecified atom stereocenters. The number of hydrogen-bond donors (Lipinski definition) is 2. The quantitative estimate of drug-likeness (QED) is 0.256. The minimum atomic E-state index is -0.586. The van der Waals surface area contributed by atoms with E-state index in [2.05, 4.69) is 5.32 Å². The summed E-state index contributed by atoms with van der Waals surface area (Å²) in [5.41, 5.74) is 7.48. The van der Waals surface area contributed by atoms with Gasteiger partial charge in [0.25, 0.3) is 11.6 Å². The molecule has 3 aromatic rings. The van der Waals surface area contributed by atoms with Gasteiger partial charge in [-0.05, 0) is 36.8 Å². The number of nitro benzene ring substituents is 1. The minimum Gasteiger partial charge on any atom is -0.398 e. The summed E-state index contributed by atoms with van der Waals surface area (Å²) in [4.78, 5) is 35.7. The lowest BCUT2D eigenvalue weighted by molar-refractivity contribution is -0.385. The van der Waals surface area contributed by atoms with Gasteiger partial charge in [-0.3, -0.25) is 19.7 Å². The van der Waals surface area contributed by atoms with Gasteiger partial charge in [-0.1, -0.05) is 36.4 Å². The van der Waals surface area contributed by atoms with Gasteiger partial charge in [0.05, 0.1) is 16.5 Å². The zero-order chi connectivity index (χ0) is 22.5. The third-order valence-corrected chi connectivity index (χ3v) is 4.88. The molecule has 0 aliphatic heterocycles. The first-order valence-electron chi connectivity index (χ1n) is 9.47. The number of nitro groups is 1. The molecule has 31 heavy (non-hydrogen) atoms. The Morgan fingerprint density at radius 3 is 2.35 bits per heavy atom. The maximum Gasteiger partial charge on any atom is 0.274 e. The summed E-state index contributed by atoms with van der Waals surface area (Å²) in [6.45, 7) is 1.66. The number of carbonyl (C=O) groups is 2. The van der Waals surface area contributed by atoms with E-state index in [1.165, 1.54) is 42.5 Å². The molecule has 3 N–H and O–H groups in total. The highest BCUT2D eigenvalue weighted by Gasteiger charge is 2.20. The number of Topliss-reactive ketones (excluding diaryl/α,β-unsaturated/α-hetero) is 1. The molecule has 7 nitrogen and oxygen atoms in total. The molecular weight excluding hydrogens is 401 g/mol. The molecular formula is C23H20FN3O4. The molecule has 3 rings (SSSR count). The van der Waals surface area contributed by atoms with Crippen LogP contribution in [0.5, 0.6) is 0 Å². The highest BCUT2D eigenvalue weighted by Crippen LogP contribution is 2.24. The van der Waals surface area contributed by atoms with Crippen LogP contribution < -0.4 is 11.1 Å². The summed E-state index contributed by atoms with van der Waals surface area (Å²) in [7, 11) is 0. The highest BCUT2D eigenvalue weighted by molar-refractivity contribution is 6.00. The standard InChI is InChI=1S/C23H20FN3O4/c1-14(19-4-2-3-5-21(19)27(30)31)26-23(29)16-8-6-15(7-9-16)22(28)12-17-10-11-18(24)13-20(17)25/h2-11,13-14H,12,25H2,1H3,(H,26,29). The van der Waals surface area contributed by atoms with Crippen LogP contribution >= 0.6 is 0 Å². The first-order chi connectivity index (χ1) is 14.8. The van der Waals surface area contributed by atoms with E-state index in [-0.39, 0.29) is 23.6 Å². The molecule has 0 bridgehead atoms. The number of amides is 1. The number of nitrogens with two attached hydrogens (primary N) is 1. The van der Waals surface area contributed by atoms with Crippen LogP contribution in [0.1, 0.15) is 44.8 Å². The molecule has 0 saturated carbocycles. The Morgan fingerprint density at radius 1 is 1.06 bits per heavy atom. The Kier molecular flexibility index (Phi) is 6.40. The van der Waals surface area contributed by atoms with Gasteiger partial charge in [0, 0.05) is 29.3 Å². The molecule has 1 amide bonds. The van der Waals surface area contributed by atoms with Crippen molar-refractivity contribution in [1.82, 2.24) is 5.32 Å². The number of rotatable bonds is 7. The Bertz CT molecular complexity index is 1150. The molecule has 0 spiro atoms. The molecule has 3 aromatic carbocycles. The Hall–Kier alpha value is -4.07. The predicted octanol–water partition coefficient (Wildman–Crippen LogP) is 4.23. The normalized spacial score (nSPS) is 11.5. The smallest absolute Gasteiger partial charge is 0.274 e. The summed E-state index contributed by atoms with van der Waals surface area (Å²) in [5.74, 6) is -1.12. The van der Waals surface area contributed by atoms with Gasteiger partial charge >= 0.3 is 0 Å². The summed E-state index contributed by atoms with van der Waals surface area (Å²) in [5, 5.41) is 13.9. The number of benzene rings is 3. The number of nitrogens with one attached hydrogen (secondary N) is 1. The fraction of sp³-hybridized carbons (Fsp3) is 0.130. The summed E-state index contributed by atoms with van der Waals surface area (Å²) < 4.78 is 13.2.